The molecule has 0 unspecified atom stereocenters. The zero-order chi connectivity index (χ0) is 27.8. The van der Waals surface area contributed by atoms with Crippen LogP contribution in [0.5, 0.6) is 0 Å². The summed E-state index contributed by atoms with van der Waals surface area (Å²) >= 11 is 0. The maximum absolute atomic E-state index is 13.2. The molecule has 214 valence electrons. The van der Waals surface area contributed by atoms with Gasteiger partial charge < -0.3 is 34.6 Å². The summed E-state index contributed by atoms with van der Waals surface area (Å²) in [7, 11) is 1.72. The third-order valence-electron chi connectivity index (χ3n) is 7.27. The highest BCUT2D eigenvalue weighted by Gasteiger charge is 2.29. The SMILES string of the molecule is C[C@H](CO)N1C[C@H](C)[C@H](CN(C)C(=O)Nc2ccnc(N3CCOCC3)c2)OCc2cnnn2CCCC1=O. The molecule has 0 bridgehead atoms. The van der Waals surface area contributed by atoms with Gasteiger partial charge in [-0.2, -0.15) is 0 Å². The molecule has 0 radical (unpaired) electrons. The molecule has 13 nitrogen and oxygen atoms in total. The number of aliphatic hydroxyl groups excluding tert-OH is 1. The van der Waals surface area contributed by atoms with Crippen molar-refractivity contribution in [2.24, 2.45) is 5.92 Å². The maximum Gasteiger partial charge on any atom is 0.321 e. The number of aromatic nitrogens is 4. The van der Waals surface area contributed by atoms with E-state index in [1.165, 1.54) is 0 Å². The van der Waals surface area contributed by atoms with E-state index in [9.17, 15) is 14.7 Å². The molecule has 3 atom stereocenters. The predicted molar refractivity (Wildman–Crippen MR) is 144 cm³/mol. The van der Waals surface area contributed by atoms with E-state index in [1.54, 1.807) is 40.0 Å². The summed E-state index contributed by atoms with van der Waals surface area (Å²) in [5.41, 5.74) is 1.47. The lowest BCUT2D eigenvalue weighted by Gasteiger charge is -2.35. The number of nitrogens with zero attached hydrogens (tertiary/aromatic N) is 7. The Morgan fingerprint density at radius 2 is 2.10 bits per heavy atom. The van der Waals surface area contributed by atoms with Crippen LogP contribution in [-0.4, -0.2) is 112 Å². The lowest BCUT2D eigenvalue weighted by molar-refractivity contribution is -0.136. The summed E-state index contributed by atoms with van der Waals surface area (Å²) in [6.45, 7) is 8.06. The smallest absolute Gasteiger partial charge is 0.321 e. The summed E-state index contributed by atoms with van der Waals surface area (Å²) in [4.78, 5) is 36.1. The van der Waals surface area contributed by atoms with E-state index < -0.39 is 0 Å². The minimum atomic E-state index is -0.383. The molecule has 1 fully saturated rings. The number of anilines is 2. The van der Waals surface area contributed by atoms with Crippen LogP contribution in [0.3, 0.4) is 0 Å². The lowest BCUT2D eigenvalue weighted by atomic mass is 10.0. The highest BCUT2D eigenvalue weighted by atomic mass is 16.5. The molecule has 2 aromatic rings. The molecule has 3 amide bonds. The number of likely N-dealkylation sites (N-methyl/N-ethyl adjacent to an activating group) is 1. The average molecular weight is 545 g/mol. The topological polar surface area (TPSA) is 138 Å². The van der Waals surface area contributed by atoms with Gasteiger partial charge in [-0.05, 0) is 19.4 Å². The number of rotatable bonds is 6. The van der Waals surface area contributed by atoms with Gasteiger partial charge in [0.1, 0.15) is 5.82 Å². The van der Waals surface area contributed by atoms with Crippen LogP contribution < -0.4 is 10.2 Å². The number of fused-ring (bicyclic) bond motifs is 1. The van der Waals surface area contributed by atoms with Crippen molar-refractivity contribution in [3.8, 4) is 0 Å². The number of hydrogen-bond donors (Lipinski definition) is 2. The van der Waals surface area contributed by atoms with Gasteiger partial charge >= 0.3 is 6.03 Å². The molecule has 1 saturated heterocycles. The molecule has 0 aliphatic carbocycles. The Hall–Kier alpha value is -3.29. The van der Waals surface area contributed by atoms with Gasteiger partial charge in [0.05, 0.1) is 50.5 Å². The van der Waals surface area contributed by atoms with Gasteiger partial charge in [-0.15, -0.1) is 5.10 Å². The minimum Gasteiger partial charge on any atom is -0.394 e. The van der Waals surface area contributed by atoms with Gasteiger partial charge in [0.15, 0.2) is 0 Å². The number of aliphatic hydroxyl groups is 1. The summed E-state index contributed by atoms with van der Waals surface area (Å²) < 4.78 is 13.5. The zero-order valence-corrected chi connectivity index (χ0v) is 23.0. The van der Waals surface area contributed by atoms with Crippen molar-refractivity contribution in [1.82, 2.24) is 29.8 Å². The lowest BCUT2D eigenvalue weighted by Crippen LogP contribution is -2.48. The van der Waals surface area contributed by atoms with E-state index in [4.69, 9.17) is 9.47 Å². The van der Waals surface area contributed by atoms with E-state index >= 15 is 0 Å². The number of pyridine rings is 1. The standard InChI is InChI=1S/C26H40N8O5/c1-19-15-33(20(2)17-35)25(36)5-4-8-34-22(14-28-30-34)18-39-23(19)16-31(3)26(37)29-21-6-7-27-24(13-21)32-9-11-38-12-10-32/h6-7,13-14,19-20,23,35H,4-5,8-12,15-18H2,1-3H3,(H,27,29,37)/t19-,20+,23-/m0/s1. The molecule has 2 aliphatic heterocycles. The largest absolute Gasteiger partial charge is 0.394 e. The molecule has 0 spiro atoms. The van der Waals surface area contributed by atoms with Gasteiger partial charge in [0, 0.05) is 70.1 Å². The monoisotopic (exact) mass is 544 g/mol. The summed E-state index contributed by atoms with van der Waals surface area (Å²) in [6, 6.07) is 3.02. The Morgan fingerprint density at radius 1 is 1.31 bits per heavy atom. The number of ether oxygens (including phenoxy) is 2. The molecule has 0 aromatic carbocycles. The second-order valence-corrected chi connectivity index (χ2v) is 10.3. The van der Waals surface area contributed by atoms with Crippen molar-refractivity contribution in [1.29, 1.82) is 0 Å². The molecule has 0 saturated carbocycles. The Bertz CT molecular complexity index is 1090. The highest BCUT2D eigenvalue weighted by molar-refractivity contribution is 5.89. The minimum absolute atomic E-state index is 0.0238. The van der Waals surface area contributed by atoms with Crippen molar-refractivity contribution >= 4 is 23.4 Å². The Kier molecular flexibility index (Phi) is 10.1. The third-order valence-corrected chi connectivity index (χ3v) is 7.27. The van der Waals surface area contributed by atoms with Crippen molar-refractivity contribution in [3.63, 3.8) is 0 Å². The van der Waals surface area contributed by atoms with Crippen LogP contribution in [0.2, 0.25) is 0 Å². The van der Waals surface area contributed by atoms with Crippen LogP contribution in [0.4, 0.5) is 16.3 Å². The first-order valence-corrected chi connectivity index (χ1v) is 13.6. The van der Waals surface area contributed by atoms with Crippen molar-refractivity contribution in [2.75, 3.05) is 63.3 Å². The van der Waals surface area contributed by atoms with E-state index in [2.05, 4.69) is 25.5 Å². The Morgan fingerprint density at radius 3 is 2.87 bits per heavy atom. The molecular weight excluding hydrogens is 504 g/mol. The van der Waals surface area contributed by atoms with E-state index in [0.29, 0.717) is 51.4 Å². The Balaban J connectivity index is 1.45. The molecule has 39 heavy (non-hydrogen) atoms. The molecule has 4 heterocycles. The van der Waals surface area contributed by atoms with Gasteiger partial charge in [0.25, 0.3) is 0 Å². The number of carbonyl (C=O) groups excluding carboxylic acids is 2. The summed E-state index contributed by atoms with van der Waals surface area (Å²) in [5.74, 6) is 0.656. The summed E-state index contributed by atoms with van der Waals surface area (Å²) in [6.07, 6.45) is 3.94. The number of morpholine rings is 1. The molecule has 2 aromatic heterocycles. The molecule has 2 aliphatic rings. The maximum atomic E-state index is 13.2. The van der Waals surface area contributed by atoms with Gasteiger partial charge in [-0.1, -0.05) is 12.1 Å². The fraction of sp³-hybridized carbons (Fsp3) is 0.654. The predicted octanol–water partition coefficient (Wildman–Crippen LogP) is 1.20. The highest BCUT2D eigenvalue weighted by Crippen LogP contribution is 2.20. The molecular formula is C26H40N8O5. The van der Waals surface area contributed by atoms with Crippen LogP contribution >= 0.6 is 0 Å². The number of nitrogens with one attached hydrogen (secondary N) is 1. The van der Waals surface area contributed by atoms with Crippen LogP contribution in [0, 0.1) is 5.92 Å². The zero-order valence-electron chi connectivity index (χ0n) is 23.0. The molecule has 13 heteroatoms. The number of amides is 3. The van der Waals surface area contributed by atoms with E-state index in [0.717, 1.165) is 24.6 Å². The van der Waals surface area contributed by atoms with Crippen molar-refractivity contribution in [3.05, 3.63) is 30.2 Å². The van der Waals surface area contributed by atoms with Crippen molar-refractivity contribution in [2.45, 2.75) is 52.0 Å². The number of aryl methyl sites for hydroxylation is 1. The Labute approximate surface area is 229 Å². The number of urea groups is 1. The summed E-state index contributed by atoms with van der Waals surface area (Å²) in [5, 5.41) is 20.9. The first-order valence-electron chi connectivity index (χ1n) is 13.6. The fourth-order valence-electron chi connectivity index (χ4n) is 4.78. The first kappa shape index (κ1) is 28.7. The molecule has 4 rings (SSSR count). The second-order valence-electron chi connectivity index (χ2n) is 10.3. The van der Waals surface area contributed by atoms with E-state index in [1.807, 2.05) is 19.9 Å². The van der Waals surface area contributed by atoms with Crippen molar-refractivity contribution < 1.29 is 24.2 Å². The molecule has 2 N–H and O–H groups in total. The van der Waals surface area contributed by atoms with E-state index in [-0.39, 0.29) is 43.2 Å². The van der Waals surface area contributed by atoms with Gasteiger partial charge in [-0.3, -0.25) is 4.79 Å². The van der Waals surface area contributed by atoms with Crippen LogP contribution in [0.25, 0.3) is 0 Å². The van der Waals surface area contributed by atoms with Crippen LogP contribution in [-0.2, 0) is 27.4 Å². The average Bonchev–Trinajstić information content (AvgIpc) is 3.40. The van der Waals surface area contributed by atoms with Gasteiger partial charge in [-0.25, -0.2) is 14.5 Å². The fourth-order valence-corrected chi connectivity index (χ4v) is 4.78. The normalized spacial score (nSPS) is 21.9. The number of carbonyl (C=O) groups is 2. The third kappa shape index (κ3) is 7.64. The number of hydrogen-bond acceptors (Lipinski definition) is 9. The first-order chi connectivity index (χ1) is 18.9. The second kappa shape index (κ2) is 13.7. The van der Waals surface area contributed by atoms with Crippen LogP contribution in [0.1, 0.15) is 32.4 Å². The van der Waals surface area contributed by atoms with Gasteiger partial charge in [0.2, 0.25) is 5.91 Å². The quantitative estimate of drug-likeness (QED) is 0.549. The van der Waals surface area contributed by atoms with Crippen LogP contribution in [0.15, 0.2) is 24.5 Å².